The van der Waals surface area contributed by atoms with Crippen LogP contribution in [0.4, 0.5) is 5.69 Å². The van der Waals surface area contributed by atoms with Crippen LogP contribution in [-0.4, -0.2) is 25.6 Å². The molecule has 4 nitrogen and oxygen atoms in total. The Bertz CT molecular complexity index is 406. The molecular weight excluding hydrogens is 216 g/mol. The molecule has 17 heavy (non-hydrogen) atoms. The van der Waals surface area contributed by atoms with Crippen molar-refractivity contribution in [1.29, 1.82) is 0 Å². The molecule has 0 spiro atoms. The highest BCUT2D eigenvalue weighted by atomic mass is 16.5. The van der Waals surface area contributed by atoms with E-state index in [0.717, 1.165) is 11.4 Å². The number of nitrogens with one attached hydrogen (secondary N) is 2. The molecule has 1 aromatic carbocycles. The molecule has 0 aliphatic carbocycles. The Labute approximate surface area is 101 Å². The van der Waals surface area contributed by atoms with Crippen molar-refractivity contribution in [1.82, 2.24) is 5.32 Å². The van der Waals surface area contributed by atoms with Crippen molar-refractivity contribution in [2.75, 3.05) is 19.0 Å². The Hall–Kier alpha value is -2.15. The molecule has 0 saturated carbocycles. The second kappa shape index (κ2) is 6.44. The lowest BCUT2D eigenvalue weighted by Gasteiger charge is -2.14. The van der Waals surface area contributed by atoms with Crippen molar-refractivity contribution < 1.29 is 9.53 Å². The van der Waals surface area contributed by atoms with Crippen molar-refractivity contribution >= 4 is 11.6 Å². The number of rotatable bonds is 5. The minimum atomic E-state index is -0.336. The number of methoxy groups -OCH3 is 1. The molecule has 1 atom stereocenters. The van der Waals surface area contributed by atoms with E-state index in [9.17, 15) is 4.79 Å². The van der Waals surface area contributed by atoms with Crippen molar-refractivity contribution in [3.8, 4) is 18.1 Å². The first-order valence-corrected chi connectivity index (χ1v) is 5.29. The van der Waals surface area contributed by atoms with Crippen LogP contribution in [0, 0.1) is 12.3 Å². The third-order valence-corrected chi connectivity index (χ3v) is 2.23. The average Bonchev–Trinajstić information content (AvgIpc) is 2.36. The zero-order chi connectivity index (χ0) is 12.7. The van der Waals surface area contributed by atoms with Gasteiger partial charge in [0.1, 0.15) is 11.8 Å². The average molecular weight is 232 g/mol. The van der Waals surface area contributed by atoms with Gasteiger partial charge in [0.25, 0.3) is 0 Å². The van der Waals surface area contributed by atoms with Gasteiger partial charge >= 0.3 is 0 Å². The SMILES string of the molecule is C#CCNC(=O)C(C)Nc1ccc(OC)cc1. The third kappa shape index (κ3) is 4.07. The van der Waals surface area contributed by atoms with Crippen LogP contribution in [0.25, 0.3) is 0 Å². The highest BCUT2D eigenvalue weighted by molar-refractivity contribution is 5.84. The summed E-state index contributed by atoms with van der Waals surface area (Å²) in [6, 6.07) is 7.02. The van der Waals surface area contributed by atoms with Gasteiger partial charge < -0.3 is 15.4 Å². The minimum Gasteiger partial charge on any atom is -0.497 e. The Balaban J connectivity index is 2.52. The van der Waals surface area contributed by atoms with Crippen molar-refractivity contribution in [2.24, 2.45) is 0 Å². The number of carbonyl (C=O) groups excluding carboxylic acids is 1. The topological polar surface area (TPSA) is 50.4 Å². The maximum Gasteiger partial charge on any atom is 0.242 e. The van der Waals surface area contributed by atoms with Gasteiger partial charge in [-0.2, -0.15) is 0 Å². The zero-order valence-electron chi connectivity index (χ0n) is 9.99. The number of ether oxygens (including phenoxy) is 1. The molecule has 1 aromatic rings. The summed E-state index contributed by atoms with van der Waals surface area (Å²) in [5, 5.41) is 5.68. The summed E-state index contributed by atoms with van der Waals surface area (Å²) in [6.45, 7) is 2.02. The summed E-state index contributed by atoms with van der Waals surface area (Å²) >= 11 is 0. The predicted molar refractivity (Wildman–Crippen MR) is 67.9 cm³/mol. The van der Waals surface area contributed by atoms with Crippen molar-refractivity contribution in [2.45, 2.75) is 13.0 Å². The van der Waals surface area contributed by atoms with Gasteiger partial charge in [-0.3, -0.25) is 4.79 Å². The van der Waals surface area contributed by atoms with Gasteiger partial charge in [-0.05, 0) is 31.2 Å². The fraction of sp³-hybridized carbons (Fsp3) is 0.308. The van der Waals surface area contributed by atoms with E-state index in [4.69, 9.17) is 11.2 Å². The molecule has 0 radical (unpaired) electrons. The first-order chi connectivity index (χ1) is 8.17. The summed E-state index contributed by atoms with van der Waals surface area (Å²) in [4.78, 5) is 11.5. The van der Waals surface area contributed by atoms with Crippen LogP contribution in [0.5, 0.6) is 5.75 Å². The number of anilines is 1. The van der Waals surface area contributed by atoms with E-state index < -0.39 is 0 Å². The molecular formula is C13H16N2O2. The van der Waals surface area contributed by atoms with Crippen molar-refractivity contribution in [3.63, 3.8) is 0 Å². The van der Waals surface area contributed by atoms with Gasteiger partial charge in [-0.1, -0.05) is 5.92 Å². The van der Waals surface area contributed by atoms with Crippen LogP contribution in [0.2, 0.25) is 0 Å². The lowest BCUT2D eigenvalue weighted by molar-refractivity contribution is -0.121. The van der Waals surface area contributed by atoms with Gasteiger partial charge in [-0.15, -0.1) is 6.42 Å². The maximum absolute atomic E-state index is 11.5. The molecule has 2 N–H and O–H groups in total. The lowest BCUT2D eigenvalue weighted by atomic mass is 10.2. The fourth-order valence-electron chi connectivity index (χ4n) is 1.29. The van der Waals surface area contributed by atoms with Gasteiger partial charge in [-0.25, -0.2) is 0 Å². The fourth-order valence-corrected chi connectivity index (χ4v) is 1.29. The van der Waals surface area contributed by atoms with Crippen molar-refractivity contribution in [3.05, 3.63) is 24.3 Å². The van der Waals surface area contributed by atoms with E-state index in [-0.39, 0.29) is 18.5 Å². The predicted octanol–water partition coefficient (Wildman–Crippen LogP) is 1.24. The van der Waals surface area contributed by atoms with Crippen LogP contribution in [0.1, 0.15) is 6.92 Å². The van der Waals surface area contributed by atoms with Crippen LogP contribution in [-0.2, 0) is 4.79 Å². The van der Waals surface area contributed by atoms with Crippen LogP contribution < -0.4 is 15.4 Å². The Kier molecular flexibility index (Phi) is 4.89. The van der Waals surface area contributed by atoms with Crippen LogP contribution in [0.15, 0.2) is 24.3 Å². The summed E-state index contributed by atoms with van der Waals surface area (Å²) < 4.78 is 5.05. The molecule has 0 aromatic heterocycles. The molecule has 1 unspecified atom stereocenters. The van der Waals surface area contributed by atoms with E-state index in [1.807, 2.05) is 24.3 Å². The number of terminal acetylenes is 1. The number of benzene rings is 1. The van der Waals surface area contributed by atoms with Gasteiger partial charge in [0.2, 0.25) is 5.91 Å². The van der Waals surface area contributed by atoms with Gasteiger partial charge in [0.15, 0.2) is 0 Å². The number of carbonyl (C=O) groups is 1. The molecule has 1 amide bonds. The van der Waals surface area contributed by atoms with E-state index >= 15 is 0 Å². The second-order valence-electron chi connectivity index (χ2n) is 3.52. The minimum absolute atomic E-state index is 0.126. The molecule has 0 bridgehead atoms. The molecule has 0 heterocycles. The highest BCUT2D eigenvalue weighted by Gasteiger charge is 2.11. The van der Waals surface area contributed by atoms with Crippen LogP contribution in [0.3, 0.4) is 0 Å². The largest absolute Gasteiger partial charge is 0.497 e. The Morgan fingerprint density at radius 1 is 1.47 bits per heavy atom. The second-order valence-corrected chi connectivity index (χ2v) is 3.52. The smallest absolute Gasteiger partial charge is 0.242 e. The summed E-state index contributed by atoms with van der Waals surface area (Å²) in [6.07, 6.45) is 5.06. The normalized spacial score (nSPS) is 11.1. The molecule has 0 fully saturated rings. The first kappa shape index (κ1) is 12.9. The number of hydrogen-bond acceptors (Lipinski definition) is 3. The van der Waals surface area contributed by atoms with Gasteiger partial charge in [0.05, 0.1) is 13.7 Å². The number of amides is 1. The van der Waals surface area contributed by atoms with E-state index in [1.54, 1.807) is 14.0 Å². The molecule has 1 rings (SSSR count). The standard InChI is InChI=1S/C13H16N2O2/c1-4-9-14-13(16)10(2)15-11-5-7-12(17-3)8-6-11/h1,5-8,10,15H,9H2,2-3H3,(H,14,16). The zero-order valence-corrected chi connectivity index (χ0v) is 9.99. The molecule has 0 saturated heterocycles. The lowest BCUT2D eigenvalue weighted by Crippen LogP contribution is -2.37. The van der Waals surface area contributed by atoms with E-state index in [0.29, 0.717) is 0 Å². The first-order valence-electron chi connectivity index (χ1n) is 5.29. The highest BCUT2D eigenvalue weighted by Crippen LogP contribution is 2.15. The number of hydrogen-bond donors (Lipinski definition) is 2. The molecule has 4 heteroatoms. The van der Waals surface area contributed by atoms with Crippen LogP contribution >= 0.6 is 0 Å². The summed E-state index contributed by atoms with van der Waals surface area (Å²) in [5.41, 5.74) is 0.856. The summed E-state index contributed by atoms with van der Waals surface area (Å²) in [7, 11) is 1.61. The monoisotopic (exact) mass is 232 g/mol. The van der Waals surface area contributed by atoms with E-state index in [2.05, 4.69) is 16.6 Å². The summed E-state index contributed by atoms with van der Waals surface area (Å²) in [5.74, 6) is 3.01. The maximum atomic E-state index is 11.5. The van der Waals surface area contributed by atoms with Gasteiger partial charge in [0, 0.05) is 5.69 Å². The quantitative estimate of drug-likeness (QED) is 0.751. The molecule has 90 valence electrons. The Morgan fingerprint density at radius 2 is 2.12 bits per heavy atom. The molecule has 0 aliphatic rings. The molecule has 0 aliphatic heterocycles. The third-order valence-electron chi connectivity index (χ3n) is 2.23. The van der Waals surface area contributed by atoms with E-state index in [1.165, 1.54) is 0 Å². The Morgan fingerprint density at radius 3 is 2.65 bits per heavy atom.